The number of carbonyl (C=O) groups excluding carboxylic acids is 1. The fourth-order valence-electron chi connectivity index (χ4n) is 3.55. The molecular formula is C22H24N2O4. The molecule has 2 aromatic carbocycles. The van der Waals surface area contributed by atoms with Gasteiger partial charge in [0.05, 0.1) is 6.26 Å². The van der Waals surface area contributed by atoms with Crippen LogP contribution in [0.1, 0.15) is 10.6 Å². The maximum atomic E-state index is 12.3. The average Bonchev–Trinajstić information content (AvgIpc) is 3.27. The maximum absolute atomic E-state index is 12.3. The van der Waals surface area contributed by atoms with Gasteiger partial charge in [0.1, 0.15) is 18.5 Å². The Hall–Kier alpha value is -2.83. The number of β-amino-alcohol motifs (C(OH)–C–C–N with tert-alkyl or cyclic N) is 1. The van der Waals surface area contributed by atoms with Gasteiger partial charge < -0.3 is 19.2 Å². The second-order valence-electron chi connectivity index (χ2n) is 7.01. The smallest absolute Gasteiger partial charge is 0.289 e. The van der Waals surface area contributed by atoms with Crippen LogP contribution in [0, 0.1) is 0 Å². The first kappa shape index (κ1) is 18.5. The van der Waals surface area contributed by atoms with Gasteiger partial charge in [-0.1, -0.05) is 36.4 Å². The Kier molecular flexibility index (Phi) is 5.60. The normalized spacial score (nSPS) is 16.2. The van der Waals surface area contributed by atoms with Crippen molar-refractivity contribution in [2.45, 2.75) is 6.10 Å². The molecule has 1 aliphatic heterocycles. The van der Waals surface area contributed by atoms with Crippen LogP contribution in [0.4, 0.5) is 0 Å². The summed E-state index contributed by atoms with van der Waals surface area (Å²) >= 11 is 0. The second-order valence-corrected chi connectivity index (χ2v) is 7.01. The first-order valence-corrected chi connectivity index (χ1v) is 9.54. The minimum atomic E-state index is -0.591. The fraction of sp³-hybridized carbons (Fsp3) is 0.318. The van der Waals surface area contributed by atoms with E-state index in [1.165, 1.54) is 6.26 Å². The standard InChI is InChI=1S/C22H24N2O4/c25-18(16-28-20-8-3-6-17-5-1-2-7-19(17)20)15-23-10-12-24(13-11-23)22(26)21-9-4-14-27-21/h1-9,14,18,25H,10-13,15-16H2/t18-/m1/s1. The number of furan rings is 1. The summed E-state index contributed by atoms with van der Waals surface area (Å²) < 4.78 is 11.1. The van der Waals surface area contributed by atoms with Crippen LogP contribution in [0.5, 0.6) is 5.75 Å². The fourth-order valence-corrected chi connectivity index (χ4v) is 3.55. The van der Waals surface area contributed by atoms with Crippen LogP contribution in [0.15, 0.2) is 65.3 Å². The van der Waals surface area contributed by atoms with Crippen molar-refractivity contribution in [1.82, 2.24) is 9.80 Å². The number of rotatable bonds is 6. The number of aliphatic hydroxyl groups excluding tert-OH is 1. The largest absolute Gasteiger partial charge is 0.490 e. The van der Waals surface area contributed by atoms with Gasteiger partial charge in [-0.2, -0.15) is 0 Å². The average molecular weight is 380 g/mol. The van der Waals surface area contributed by atoms with E-state index in [1.54, 1.807) is 17.0 Å². The van der Waals surface area contributed by atoms with Crippen LogP contribution in [0.25, 0.3) is 10.8 Å². The second kappa shape index (κ2) is 8.46. The number of fused-ring (bicyclic) bond motifs is 1. The van der Waals surface area contributed by atoms with Gasteiger partial charge in [-0.15, -0.1) is 0 Å². The molecule has 6 nitrogen and oxygen atoms in total. The van der Waals surface area contributed by atoms with Crippen molar-refractivity contribution < 1.29 is 19.1 Å². The van der Waals surface area contributed by atoms with E-state index < -0.39 is 6.10 Å². The Morgan fingerprint density at radius 1 is 1.04 bits per heavy atom. The Balaban J connectivity index is 1.26. The van der Waals surface area contributed by atoms with Crippen molar-refractivity contribution in [3.63, 3.8) is 0 Å². The molecule has 1 amide bonds. The van der Waals surface area contributed by atoms with E-state index in [9.17, 15) is 9.90 Å². The molecule has 1 aromatic heterocycles. The Bertz CT molecular complexity index is 912. The lowest BCUT2D eigenvalue weighted by molar-refractivity contribution is 0.0391. The molecule has 0 unspecified atom stereocenters. The minimum absolute atomic E-state index is 0.0792. The van der Waals surface area contributed by atoms with Gasteiger partial charge in [0.2, 0.25) is 0 Å². The highest BCUT2D eigenvalue weighted by atomic mass is 16.5. The van der Waals surface area contributed by atoms with E-state index in [0.29, 0.717) is 25.4 Å². The number of piperazine rings is 1. The molecule has 28 heavy (non-hydrogen) atoms. The van der Waals surface area contributed by atoms with Crippen LogP contribution in [-0.4, -0.2) is 66.2 Å². The Morgan fingerprint density at radius 2 is 1.82 bits per heavy atom. The van der Waals surface area contributed by atoms with Crippen molar-refractivity contribution in [2.75, 3.05) is 39.3 Å². The summed E-state index contributed by atoms with van der Waals surface area (Å²) in [6.45, 7) is 3.44. The molecule has 1 aliphatic rings. The third-order valence-corrected chi connectivity index (χ3v) is 5.04. The Morgan fingerprint density at radius 3 is 2.61 bits per heavy atom. The lowest BCUT2D eigenvalue weighted by Crippen LogP contribution is -2.50. The molecular weight excluding hydrogens is 356 g/mol. The number of aliphatic hydroxyl groups is 1. The van der Waals surface area contributed by atoms with Gasteiger partial charge in [-0.05, 0) is 23.6 Å². The quantitative estimate of drug-likeness (QED) is 0.712. The SMILES string of the molecule is O=C(c1ccco1)N1CCN(C[C@@H](O)COc2cccc3ccccc23)CC1. The Labute approximate surface area is 163 Å². The van der Waals surface area contributed by atoms with E-state index in [2.05, 4.69) is 4.90 Å². The van der Waals surface area contributed by atoms with Crippen molar-refractivity contribution in [3.05, 3.63) is 66.6 Å². The number of nitrogens with zero attached hydrogens (tertiary/aromatic N) is 2. The number of hydrogen-bond acceptors (Lipinski definition) is 5. The van der Waals surface area contributed by atoms with E-state index in [4.69, 9.17) is 9.15 Å². The van der Waals surface area contributed by atoms with E-state index in [0.717, 1.165) is 29.6 Å². The predicted molar refractivity (Wildman–Crippen MR) is 107 cm³/mol. The van der Waals surface area contributed by atoms with Crippen molar-refractivity contribution in [1.29, 1.82) is 0 Å². The molecule has 0 bridgehead atoms. The van der Waals surface area contributed by atoms with Crippen LogP contribution < -0.4 is 4.74 Å². The molecule has 146 valence electrons. The lowest BCUT2D eigenvalue weighted by Gasteiger charge is -2.35. The van der Waals surface area contributed by atoms with Crippen LogP contribution in [-0.2, 0) is 0 Å². The summed E-state index contributed by atoms with van der Waals surface area (Å²) in [5.41, 5.74) is 0. The summed E-state index contributed by atoms with van der Waals surface area (Å²) in [5.74, 6) is 1.08. The zero-order chi connectivity index (χ0) is 19.3. The monoisotopic (exact) mass is 380 g/mol. The van der Waals surface area contributed by atoms with Crippen molar-refractivity contribution in [3.8, 4) is 5.75 Å². The molecule has 0 radical (unpaired) electrons. The topological polar surface area (TPSA) is 66.2 Å². The van der Waals surface area contributed by atoms with Crippen LogP contribution in [0.3, 0.4) is 0 Å². The molecule has 6 heteroatoms. The predicted octanol–water partition coefficient (Wildman–Crippen LogP) is 2.63. The van der Waals surface area contributed by atoms with Crippen LogP contribution >= 0.6 is 0 Å². The van der Waals surface area contributed by atoms with E-state index in [1.807, 2.05) is 42.5 Å². The molecule has 2 heterocycles. The highest BCUT2D eigenvalue weighted by Crippen LogP contribution is 2.25. The van der Waals surface area contributed by atoms with Gasteiger partial charge in [0.15, 0.2) is 5.76 Å². The summed E-state index contributed by atoms with van der Waals surface area (Å²) in [6.07, 6.45) is 0.918. The first-order valence-electron chi connectivity index (χ1n) is 9.54. The summed E-state index contributed by atoms with van der Waals surface area (Å²) in [5, 5.41) is 12.6. The highest BCUT2D eigenvalue weighted by Gasteiger charge is 2.24. The molecule has 0 aliphatic carbocycles. The maximum Gasteiger partial charge on any atom is 0.289 e. The van der Waals surface area contributed by atoms with Gasteiger partial charge in [0.25, 0.3) is 5.91 Å². The molecule has 3 aromatic rings. The van der Waals surface area contributed by atoms with E-state index >= 15 is 0 Å². The van der Waals surface area contributed by atoms with Gasteiger partial charge in [0, 0.05) is 38.1 Å². The lowest BCUT2D eigenvalue weighted by atomic mass is 10.1. The summed E-state index contributed by atoms with van der Waals surface area (Å²) in [6, 6.07) is 17.4. The summed E-state index contributed by atoms with van der Waals surface area (Å²) in [7, 11) is 0. The van der Waals surface area contributed by atoms with Crippen molar-refractivity contribution >= 4 is 16.7 Å². The molecule has 1 atom stereocenters. The minimum Gasteiger partial charge on any atom is -0.490 e. The molecule has 4 rings (SSSR count). The van der Waals surface area contributed by atoms with E-state index in [-0.39, 0.29) is 12.5 Å². The van der Waals surface area contributed by atoms with Gasteiger partial charge in [-0.3, -0.25) is 9.69 Å². The van der Waals surface area contributed by atoms with Gasteiger partial charge in [-0.25, -0.2) is 0 Å². The van der Waals surface area contributed by atoms with Crippen LogP contribution in [0.2, 0.25) is 0 Å². The third-order valence-electron chi connectivity index (χ3n) is 5.04. The molecule has 1 saturated heterocycles. The van der Waals surface area contributed by atoms with Crippen molar-refractivity contribution in [2.24, 2.45) is 0 Å². The molecule has 1 fully saturated rings. The third kappa shape index (κ3) is 4.18. The number of benzene rings is 2. The molecule has 0 saturated carbocycles. The van der Waals surface area contributed by atoms with Gasteiger partial charge >= 0.3 is 0 Å². The first-order chi connectivity index (χ1) is 13.7. The number of hydrogen-bond donors (Lipinski definition) is 1. The zero-order valence-electron chi connectivity index (χ0n) is 15.7. The molecule has 0 spiro atoms. The zero-order valence-corrected chi connectivity index (χ0v) is 15.7. The summed E-state index contributed by atoms with van der Waals surface area (Å²) in [4.78, 5) is 16.2. The number of amides is 1. The number of ether oxygens (including phenoxy) is 1. The number of carbonyl (C=O) groups is 1. The molecule has 1 N–H and O–H groups in total. The highest BCUT2D eigenvalue weighted by molar-refractivity contribution is 5.91.